The van der Waals surface area contributed by atoms with Crippen LogP contribution in [0.4, 0.5) is 0 Å². The van der Waals surface area contributed by atoms with Gasteiger partial charge in [0.2, 0.25) is 0 Å². The second-order valence-corrected chi connectivity index (χ2v) is 6.03. The van der Waals surface area contributed by atoms with Crippen molar-refractivity contribution in [1.82, 2.24) is 9.55 Å². The van der Waals surface area contributed by atoms with E-state index in [1.54, 1.807) is 18.9 Å². The van der Waals surface area contributed by atoms with Gasteiger partial charge in [-0.05, 0) is 17.7 Å². The maximum atomic E-state index is 10.3. The number of aromatic nitrogens is 2. The summed E-state index contributed by atoms with van der Waals surface area (Å²) >= 11 is 1.55. The molecule has 114 valence electrons. The molecule has 5 heteroatoms. The lowest BCUT2D eigenvalue weighted by molar-refractivity contribution is 0.204. The Morgan fingerprint density at radius 1 is 1.23 bits per heavy atom. The number of nitrogens with zero attached hydrogens (tertiary/aromatic N) is 2. The third-order valence-electron chi connectivity index (χ3n) is 3.60. The van der Waals surface area contributed by atoms with Crippen molar-refractivity contribution in [2.24, 2.45) is 7.05 Å². The Hall–Kier alpha value is -1.98. The van der Waals surface area contributed by atoms with Crippen molar-refractivity contribution in [3.63, 3.8) is 0 Å². The Morgan fingerprint density at radius 3 is 2.73 bits per heavy atom. The smallest absolute Gasteiger partial charge is 0.168 e. The predicted octanol–water partition coefficient (Wildman–Crippen LogP) is 3.41. The van der Waals surface area contributed by atoms with Gasteiger partial charge in [-0.2, -0.15) is 0 Å². The van der Waals surface area contributed by atoms with Crippen molar-refractivity contribution in [2.75, 3.05) is 12.9 Å². The number of hydrogen-bond donors (Lipinski definition) is 1. The van der Waals surface area contributed by atoms with Crippen LogP contribution in [-0.2, 0) is 7.05 Å². The topological polar surface area (TPSA) is 47.3 Å². The molecule has 0 radical (unpaired) electrons. The first-order chi connectivity index (χ1) is 10.7. The van der Waals surface area contributed by atoms with Gasteiger partial charge in [-0.3, -0.25) is 0 Å². The van der Waals surface area contributed by atoms with E-state index < -0.39 is 6.10 Å². The molecule has 0 aliphatic carbocycles. The molecule has 3 aromatic rings. The Balaban J connectivity index is 1.78. The van der Waals surface area contributed by atoms with Crippen LogP contribution in [0.15, 0.2) is 53.7 Å². The zero-order chi connectivity index (χ0) is 15.5. The summed E-state index contributed by atoms with van der Waals surface area (Å²) < 4.78 is 7.27. The second kappa shape index (κ2) is 6.42. The molecule has 1 heterocycles. The lowest BCUT2D eigenvalue weighted by Crippen LogP contribution is -2.01. The zero-order valence-electron chi connectivity index (χ0n) is 12.6. The monoisotopic (exact) mass is 314 g/mol. The molecule has 1 aromatic heterocycles. The zero-order valence-corrected chi connectivity index (χ0v) is 13.4. The molecule has 0 amide bonds. The van der Waals surface area contributed by atoms with E-state index >= 15 is 0 Å². The molecule has 0 spiro atoms. The molecule has 0 fully saturated rings. The van der Waals surface area contributed by atoms with Crippen LogP contribution in [0.25, 0.3) is 11.0 Å². The van der Waals surface area contributed by atoms with Gasteiger partial charge >= 0.3 is 0 Å². The number of aliphatic hydroxyl groups is 1. The fourth-order valence-corrected chi connectivity index (χ4v) is 3.29. The van der Waals surface area contributed by atoms with Crippen molar-refractivity contribution >= 4 is 22.8 Å². The van der Waals surface area contributed by atoms with Crippen LogP contribution in [0.5, 0.6) is 5.75 Å². The molecular weight excluding hydrogens is 296 g/mol. The van der Waals surface area contributed by atoms with E-state index in [1.165, 1.54) is 0 Å². The molecule has 3 rings (SSSR count). The molecule has 2 aromatic carbocycles. The number of methoxy groups -OCH3 is 1. The largest absolute Gasteiger partial charge is 0.497 e. The van der Waals surface area contributed by atoms with E-state index in [9.17, 15) is 5.11 Å². The molecular formula is C17H18N2O2S. The third-order valence-corrected chi connectivity index (χ3v) is 4.71. The molecule has 1 atom stereocenters. The van der Waals surface area contributed by atoms with Crippen LogP contribution in [0.1, 0.15) is 11.7 Å². The second-order valence-electron chi connectivity index (χ2n) is 5.05. The number of thioether (sulfide) groups is 1. The minimum absolute atomic E-state index is 0.499. The van der Waals surface area contributed by atoms with E-state index in [1.807, 2.05) is 60.1 Å². The van der Waals surface area contributed by atoms with Gasteiger partial charge in [0.25, 0.3) is 0 Å². The van der Waals surface area contributed by atoms with Gasteiger partial charge in [0.05, 0.1) is 24.2 Å². The fraction of sp³-hybridized carbons (Fsp3) is 0.235. The lowest BCUT2D eigenvalue weighted by atomic mass is 10.1. The van der Waals surface area contributed by atoms with Crippen molar-refractivity contribution in [3.05, 3.63) is 54.1 Å². The first-order valence-electron chi connectivity index (χ1n) is 7.05. The summed E-state index contributed by atoms with van der Waals surface area (Å²) in [7, 11) is 3.63. The van der Waals surface area contributed by atoms with Gasteiger partial charge in [0, 0.05) is 18.9 Å². The summed E-state index contributed by atoms with van der Waals surface area (Å²) in [6.45, 7) is 0. The SMILES string of the molecule is COc1ccc2c(c1)nc(SC[C@@H](O)c1ccccc1)n2C. The first-order valence-corrected chi connectivity index (χ1v) is 8.04. The van der Waals surface area contributed by atoms with Gasteiger partial charge < -0.3 is 14.4 Å². The van der Waals surface area contributed by atoms with Crippen LogP contribution in [0, 0.1) is 0 Å². The summed E-state index contributed by atoms with van der Waals surface area (Å²) in [6, 6.07) is 15.5. The maximum Gasteiger partial charge on any atom is 0.168 e. The number of ether oxygens (including phenoxy) is 1. The number of aryl methyl sites for hydroxylation is 1. The standard InChI is InChI=1S/C17H18N2O2S/c1-19-15-9-8-13(21-2)10-14(15)18-17(19)22-11-16(20)12-6-4-3-5-7-12/h3-10,16,20H,11H2,1-2H3/t16-/m1/s1. The summed E-state index contributed by atoms with van der Waals surface area (Å²) in [4.78, 5) is 4.62. The minimum atomic E-state index is -0.499. The van der Waals surface area contributed by atoms with E-state index in [0.29, 0.717) is 5.75 Å². The minimum Gasteiger partial charge on any atom is -0.497 e. The quantitative estimate of drug-likeness (QED) is 0.733. The third kappa shape index (κ3) is 2.96. The fourth-order valence-electron chi connectivity index (χ4n) is 2.34. The van der Waals surface area contributed by atoms with Gasteiger partial charge in [0.1, 0.15) is 5.75 Å². The summed E-state index contributed by atoms with van der Waals surface area (Å²) in [5.74, 6) is 1.37. The predicted molar refractivity (Wildman–Crippen MR) is 89.4 cm³/mol. The van der Waals surface area contributed by atoms with Gasteiger partial charge in [-0.15, -0.1) is 0 Å². The van der Waals surface area contributed by atoms with Crippen molar-refractivity contribution in [2.45, 2.75) is 11.3 Å². The van der Waals surface area contributed by atoms with Crippen molar-refractivity contribution < 1.29 is 9.84 Å². The highest BCUT2D eigenvalue weighted by molar-refractivity contribution is 7.99. The van der Waals surface area contributed by atoms with Crippen LogP contribution in [0.3, 0.4) is 0 Å². The van der Waals surface area contributed by atoms with Crippen LogP contribution < -0.4 is 4.74 Å². The number of benzene rings is 2. The number of hydrogen-bond acceptors (Lipinski definition) is 4. The van der Waals surface area contributed by atoms with Crippen molar-refractivity contribution in [1.29, 1.82) is 0 Å². The Bertz CT molecular complexity index is 771. The summed E-state index contributed by atoms with van der Waals surface area (Å²) in [5.41, 5.74) is 2.88. The number of imidazole rings is 1. The van der Waals surface area contributed by atoms with Crippen LogP contribution in [0.2, 0.25) is 0 Å². The molecule has 0 saturated carbocycles. The molecule has 22 heavy (non-hydrogen) atoms. The molecule has 1 N–H and O–H groups in total. The maximum absolute atomic E-state index is 10.3. The molecule has 0 bridgehead atoms. The van der Waals surface area contributed by atoms with Gasteiger partial charge in [0.15, 0.2) is 5.16 Å². The molecule has 0 aliphatic heterocycles. The Labute approximate surface area is 133 Å². The number of fused-ring (bicyclic) bond motifs is 1. The van der Waals surface area contributed by atoms with E-state index in [-0.39, 0.29) is 0 Å². The van der Waals surface area contributed by atoms with Crippen LogP contribution in [-0.4, -0.2) is 27.5 Å². The average molecular weight is 314 g/mol. The van der Waals surface area contributed by atoms with E-state index in [0.717, 1.165) is 27.5 Å². The Kier molecular flexibility index (Phi) is 4.36. The highest BCUT2D eigenvalue weighted by Gasteiger charge is 2.13. The van der Waals surface area contributed by atoms with Crippen LogP contribution >= 0.6 is 11.8 Å². The molecule has 0 aliphatic rings. The summed E-state index contributed by atoms with van der Waals surface area (Å²) in [5, 5.41) is 11.1. The summed E-state index contributed by atoms with van der Waals surface area (Å²) in [6.07, 6.45) is -0.499. The van der Waals surface area contributed by atoms with E-state index in [2.05, 4.69) is 4.98 Å². The molecule has 0 saturated heterocycles. The highest BCUT2D eigenvalue weighted by Crippen LogP contribution is 2.28. The lowest BCUT2D eigenvalue weighted by Gasteiger charge is -2.10. The Morgan fingerprint density at radius 2 is 2.00 bits per heavy atom. The number of aliphatic hydroxyl groups excluding tert-OH is 1. The molecule has 0 unspecified atom stereocenters. The normalized spacial score (nSPS) is 12.5. The first kappa shape index (κ1) is 14.9. The van der Waals surface area contributed by atoms with Gasteiger partial charge in [-0.25, -0.2) is 4.98 Å². The highest BCUT2D eigenvalue weighted by atomic mass is 32.2. The van der Waals surface area contributed by atoms with Gasteiger partial charge in [-0.1, -0.05) is 42.1 Å². The van der Waals surface area contributed by atoms with Crippen molar-refractivity contribution in [3.8, 4) is 5.75 Å². The van der Waals surface area contributed by atoms with E-state index in [4.69, 9.17) is 4.74 Å². The average Bonchev–Trinajstić information content (AvgIpc) is 2.89. The number of rotatable bonds is 5. The molecule has 4 nitrogen and oxygen atoms in total.